The first-order chi connectivity index (χ1) is 19.6. The van der Waals surface area contributed by atoms with E-state index >= 15 is 0 Å². The number of aromatic nitrogens is 4. The summed E-state index contributed by atoms with van der Waals surface area (Å²) in [5.41, 5.74) is 3.88. The van der Waals surface area contributed by atoms with Gasteiger partial charge >= 0.3 is 6.18 Å². The van der Waals surface area contributed by atoms with E-state index in [-0.39, 0.29) is 17.8 Å². The molecule has 0 saturated carbocycles. The summed E-state index contributed by atoms with van der Waals surface area (Å²) in [6.07, 6.45) is -0.208. The molecule has 214 valence electrons. The van der Waals surface area contributed by atoms with Crippen molar-refractivity contribution in [2.24, 2.45) is 0 Å². The first-order valence-corrected chi connectivity index (χ1v) is 13.8. The van der Waals surface area contributed by atoms with Gasteiger partial charge in [0.2, 0.25) is 0 Å². The van der Waals surface area contributed by atoms with Crippen LogP contribution in [0.4, 0.5) is 24.7 Å². The average molecular weight is 563 g/mol. The standard InChI is InChI=1S/C31H33F3N6O/c1-4-26-17-29(36-19-35-26)40-30(11-21(3)38-40)37-27-14-22(8-7-20(27)2)15-28(41)24-12-23(18-39-9-5-6-10-39)13-25(16-24)31(32,33)34/h7-8,11-14,16-17,19,37H,4-6,9-10,15,18H2,1-3H3. The van der Waals surface area contributed by atoms with Gasteiger partial charge in [-0.15, -0.1) is 0 Å². The molecule has 7 nitrogen and oxygen atoms in total. The zero-order chi connectivity index (χ0) is 29.1. The number of alkyl halides is 3. The van der Waals surface area contributed by atoms with Crippen molar-refractivity contribution in [3.8, 4) is 5.82 Å². The molecular formula is C31H33F3N6O. The number of hydrogen-bond donors (Lipinski definition) is 1. The van der Waals surface area contributed by atoms with Gasteiger partial charge in [0, 0.05) is 42.0 Å². The lowest BCUT2D eigenvalue weighted by Crippen LogP contribution is -2.19. The van der Waals surface area contributed by atoms with E-state index in [0.717, 1.165) is 67.1 Å². The summed E-state index contributed by atoms with van der Waals surface area (Å²) >= 11 is 0. The Kier molecular flexibility index (Phi) is 8.21. The topological polar surface area (TPSA) is 75.9 Å². The van der Waals surface area contributed by atoms with Crippen molar-refractivity contribution in [2.45, 2.75) is 59.2 Å². The third-order valence-corrected chi connectivity index (χ3v) is 7.30. The third-order valence-electron chi connectivity index (χ3n) is 7.30. The number of carbonyl (C=O) groups is 1. The Labute approximate surface area is 237 Å². The summed E-state index contributed by atoms with van der Waals surface area (Å²) in [6.45, 7) is 7.96. The van der Waals surface area contributed by atoms with Gasteiger partial charge in [-0.1, -0.05) is 19.1 Å². The van der Waals surface area contributed by atoms with E-state index in [4.69, 9.17) is 0 Å². The Hall–Kier alpha value is -4.05. The number of benzene rings is 2. The van der Waals surface area contributed by atoms with Crippen molar-refractivity contribution in [1.29, 1.82) is 0 Å². The number of aryl methyl sites for hydroxylation is 3. The number of rotatable bonds is 9. The zero-order valence-corrected chi connectivity index (χ0v) is 23.4. The van der Waals surface area contributed by atoms with Gasteiger partial charge in [0.25, 0.3) is 0 Å². The SMILES string of the molecule is CCc1cc(-n2nc(C)cc2Nc2cc(CC(=O)c3cc(CN4CCCC4)cc(C(F)(F)F)c3)ccc2C)ncn1. The number of anilines is 2. The largest absolute Gasteiger partial charge is 0.416 e. The number of likely N-dealkylation sites (tertiary alicyclic amines) is 1. The molecule has 0 radical (unpaired) electrons. The molecule has 0 atom stereocenters. The highest BCUT2D eigenvalue weighted by molar-refractivity contribution is 5.98. The van der Waals surface area contributed by atoms with Gasteiger partial charge in [0.1, 0.15) is 12.1 Å². The van der Waals surface area contributed by atoms with Gasteiger partial charge in [-0.05, 0) is 87.2 Å². The van der Waals surface area contributed by atoms with Crippen LogP contribution in [-0.2, 0) is 25.6 Å². The highest BCUT2D eigenvalue weighted by Crippen LogP contribution is 2.32. The maximum absolute atomic E-state index is 13.7. The number of nitrogens with one attached hydrogen (secondary N) is 1. The number of carbonyl (C=O) groups excluding carboxylic acids is 1. The molecule has 1 N–H and O–H groups in total. The summed E-state index contributed by atoms with van der Waals surface area (Å²) in [5.74, 6) is 0.965. The van der Waals surface area contributed by atoms with Crippen molar-refractivity contribution in [1.82, 2.24) is 24.6 Å². The van der Waals surface area contributed by atoms with Crippen molar-refractivity contribution >= 4 is 17.3 Å². The Morgan fingerprint density at radius 2 is 1.76 bits per heavy atom. The molecule has 1 saturated heterocycles. The molecule has 1 fully saturated rings. The minimum atomic E-state index is -4.53. The predicted molar refractivity (Wildman–Crippen MR) is 152 cm³/mol. The van der Waals surface area contributed by atoms with E-state index in [2.05, 4.69) is 25.3 Å². The van der Waals surface area contributed by atoms with Crippen LogP contribution < -0.4 is 5.32 Å². The second-order valence-corrected chi connectivity index (χ2v) is 10.6. The molecule has 2 aromatic heterocycles. The van der Waals surface area contributed by atoms with E-state index < -0.39 is 11.7 Å². The fraction of sp³-hybridized carbons (Fsp3) is 0.355. The second kappa shape index (κ2) is 11.8. The zero-order valence-electron chi connectivity index (χ0n) is 23.4. The van der Waals surface area contributed by atoms with Crippen LogP contribution in [-0.4, -0.2) is 43.5 Å². The second-order valence-electron chi connectivity index (χ2n) is 10.6. The first-order valence-electron chi connectivity index (χ1n) is 13.8. The fourth-order valence-electron chi connectivity index (χ4n) is 5.10. The lowest BCUT2D eigenvalue weighted by Gasteiger charge is -2.17. The Balaban J connectivity index is 1.39. The van der Waals surface area contributed by atoms with E-state index in [1.807, 2.05) is 51.1 Å². The van der Waals surface area contributed by atoms with Crippen LogP contribution >= 0.6 is 0 Å². The lowest BCUT2D eigenvalue weighted by molar-refractivity contribution is -0.137. The summed E-state index contributed by atoms with van der Waals surface area (Å²) in [6, 6.07) is 13.1. The molecule has 0 unspecified atom stereocenters. The van der Waals surface area contributed by atoms with E-state index in [9.17, 15) is 18.0 Å². The summed E-state index contributed by atoms with van der Waals surface area (Å²) in [5, 5.41) is 7.98. The first kappa shape index (κ1) is 28.5. The molecule has 41 heavy (non-hydrogen) atoms. The van der Waals surface area contributed by atoms with Crippen LogP contribution in [0.5, 0.6) is 0 Å². The average Bonchev–Trinajstić information content (AvgIpc) is 3.59. The normalized spacial score (nSPS) is 14.0. The lowest BCUT2D eigenvalue weighted by atomic mass is 9.97. The highest BCUT2D eigenvalue weighted by Gasteiger charge is 2.32. The quantitative estimate of drug-likeness (QED) is 0.231. The van der Waals surface area contributed by atoms with E-state index in [0.29, 0.717) is 29.3 Å². The van der Waals surface area contributed by atoms with Crippen molar-refractivity contribution in [3.05, 3.63) is 94.1 Å². The number of nitrogens with zero attached hydrogens (tertiary/aromatic N) is 5. The van der Waals surface area contributed by atoms with Gasteiger partial charge in [-0.25, -0.2) is 9.97 Å². The van der Waals surface area contributed by atoms with Crippen molar-refractivity contribution in [2.75, 3.05) is 18.4 Å². The summed E-state index contributed by atoms with van der Waals surface area (Å²) in [7, 11) is 0. The Morgan fingerprint density at radius 3 is 2.49 bits per heavy atom. The van der Waals surface area contributed by atoms with Gasteiger partial charge in [0.15, 0.2) is 11.6 Å². The molecule has 10 heteroatoms. The van der Waals surface area contributed by atoms with E-state index in [1.54, 1.807) is 10.7 Å². The predicted octanol–water partition coefficient (Wildman–Crippen LogP) is 6.63. The van der Waals surface area contributed by atoms with Crippen LogP contribution in [0.3, 0.4) is 0 Å². The molecule has 3 heterocycles. The molecule has 2 aromatic carbocycles. The van der Waals surface area contributed by atoms with Crippen LogP contribution in [0.25, 0.3) is 5.82 Å². The molecule has 1 aliphatic heterocycles. The maximum Gasteiger partial charge on any atom is 0.416 e. The molecule has 1 aliphatic rings. The summed E-state index contributed by atoms with van der Waals surface area (Å²) in [4.78, 5) is 24.1. The minimum absolute atomic E-state index is 0.0243. The molecule has 5 rings (SSSR count). The molecule has 0 aliphatic carbocycles. The summed E-state index contributed by atoms with van der Waals surface area (Å²) < 4.78 is 42.8. The number of Topliss-reactive ketones (excluding diaryl/α,β-unsaturated/α-hetero) is 1. The van der Waals surface area contributed by atoms with Gasteiger partial charge < -0.3 is 5.32 Å². The highest BCUT2D eigenvalue weighted by atomic mass is 19.4. The Morgan fingerprint density at radius 1 is 0.976 bits per heavy atom. The number of ketones is 1. The van der Waals surface area contributed by atoms with Gasteiger partial charge in [0.05, 0.1) is 11.3 Å². The Bertz CT molecular complexity index is 1560. The fourth-order valence-corrected chi connectivity index (χ4v) is 5.10. The smallest absolute Gasteiger partial charge is 0.340 e. The molecule has 0 amide bonds. The number of halogens is 3. The molecule has 0 spiro atoms. The third kappa shape index (κ3) is 6.82. The molecule has 4 aromatic rings. The van der Waals surface area contributed by atoms with Gasteiger partial charge in [-0.3, -0.25) is 9.69 Å². The van der Waals surface area contributed by atoms with Crippen LogP contribution in [0.1, 0.15) is 63.8 Å². The number of hydrogen-bond acceptors (Lipinski definition) is 6. The van der Waals surface area contributed by atoms with Crippen molar-refractivity contribution in [3.63, 3.8) is 0 Å². The van der Waals surface area contributed by atoms with Crippen LogP contribution in [0.15, 0.2) is 54.9 Å². The monoisotopic (exact) mass is 562 g/mol. The maximum atomic E-state index is 13.7. The molecule has 0 bridgehead atoms. The van der Waals surface area contributed by atoms with Crippen LogP contribution in [0, 0.1) is 13.8 Å². The minimum Gasteiger partial charge on any atom is -0.340 e. The van der Waals surface area contributed by atoms with Gasteiger partial charge in [-0.2, -0.15) is 23.0 Å². The van der Waals surface area contributed by atoms with Crippen LogP contribution in [0.2, 0.25) is 0 Å². The van der Waals surface area contributed by atoms with E-state index in [1.165, 1.54) is 6.33 Å². The van der Waals surface area contributed by atoms with Crippen molar-refractivity contribution < 1.29 is 18.0 Å². The molecular weight excluding hydrogens is 529 g/mol.